The van der Waals surface area contributed by atoms with Gasteiger partial charge in [-0.25, -0.2) is 0 Å². The number of rotatable bonds is 3. The van der Waals surface area contributed by atoms with E-state index in [9.17, 15) is 0 Å². The third-order valence-electron chi connectivity index (χ3n) is 4.75. The second kappa shape index (κ2) is 6.44. The average Bonchev–Trinajstić information content (AvgIpc) is 2.80. The molecule has 0 saturated carbocycles. The van der Waals surface area contributed by atoms with Crippen LogP contribution in [0.3, 0.4) is 0 Å². The van der Waals surface area contributed by atoms with Crippen molar-refractivity contribution in [2.45, 2.75) is 31.3 Å². The van der Waals surface area contributed by atoms with E-state index in [4.69, 9.17) is 17.3 Å². The van der Waals surface area contributed by atoms with Gasteiger partial charge in [-0.05, 0) is 50.0 Å². The van der Waals surface area contributed by atoms with Crippen LogP contribution in [0.4, 0.5) is 0 Å². The van der Waals surface area contributed by atoms with Crippen LogP contribution in [0.5, 0.6) is 0 Å². The molecule has 0 amide bonds. The van der Waals surface area contributed by atoms with Gasteiger partial charge in [-0.1, -0.05) is 23.7 Å². The third kappa shape index (κ3) is 3.01. The topological polar surface area (TPSA) is 32.5 Å². The molecule has 0 aromatic heterocycles. The largest absolute Gasteiger partial charge is 0.329 e. The van der Waals surface area contributed by atoms with Crippen molar-refractivity contribution >= 4 is 11.6 Å². The highest BCUT2D eigenvalue weighted by Gasteiger charge is 2.31. The van der Waals surface area contributed by atoms with Gasteiger partial charge in [0.1, 0.15) is 0 Å². The first-order chi connectivity index (χ1) is 9.78. The molecule has 0 aliphatic carbocycles. The van der Waals surface area contributed by atoms with Gasteiger partial charge in [-0.2, -0.15) is 0 Å². The Labute approximate surface area is 126 Å². The van der Waals surface area contributed by atoms with Gasteiger partial charge in [0.05, 0.1) is 0 Å². The molecule has 2 unspecified atom stereocenters. The smallest absolute Gasteiger partial charge is 0.0471 e. The molecule has 1 aromatic carbocycles. The monoisotopic (exact) mass is 293 g/mol. The molecule has 20 heavy (non-hydrogen) atoms. The van der Waals surface area contributed by atoms with Crippen molar-refractivity contribution in [3.8, 4) is 0 Å². The van der Waals surface area contributed by atoms with Crippen LogP contribution < -0.4 is 5.73 Å². The maximum Gasteiger partial charge on any atom is 0.0471 e. The molecule has 2 fully saturated rings. The summed E-state index contributed by atoms with van der Waals surface area (Å²) in [4.78, 5) is 5.24. The van der Waals surface area contributed by atoms with Crippen LogP contribution in [0.2, 0.25) is 5.02 Å². The van der Waals surface area contributed by atoms with E-state index in [-0.39, 0.29) is 0 Å². The molecule has 2 aliphatic heterocycles. The van der Waals surface area contributed by atoms with Crippen LogP contribution in [0.1, 0.15) is 30.9 Å². The molecule has 1 aromatic rings. The number of nitrogens with two attached hydrogens (primary N) is 1. The molecule has 4 heteroatoms. The minimum absolute atomic E-state index is 0.327. The van der Waals surface area contributed by atoms with Crippen molar-refractivity contribution in [1.29, 1.82) is 0 Å². The normalized spacial score (nSPS) is 26.2. The lowest BCUT2D eigenvalue weighted by molar-refractivity contribution is 0.176. The molecule has 2 heterocycles. The van der Waals surface area contributed by atoms with Crippen molar-refractivity contribution in [2.75, 3.05) is 32.7 Å². The summed E-state index contributed by atoms with van der Waals surface area (Å²) in [7, 11) is 0. The minimum atomic E-state index is 0.327. The first-order valence-electron chi connectivity index (χ1n) is 7.71. The molecule has 110 valence electrons. The van der Waals surface area contributed by atoms with Gasteiger partial charge in [0.15, 0.2) is 0 Å². The molecule has 2 saturated heterocycles. The fraction of sp³-hybridized carbons (Fsp3) is 0.625. The third-order valence-corrected chi connectivity index (χ3v) is 5.01. The molecule has 3 rings (SSSR count). The van der Waals surface area contributed by atoms with Crippen LogP contribution >= 0.6 is 11.6 Å². The summed E-state index contributed by atoms with van der Waals surface area (Å²) < 4.78 is 0. The summed E-state index contributed by atoms with van der Waals surface area (Å²) in [5.41, 5.74) is 7.37. The van der Waals surface area contributed by atoms with Crippen molar-refractivity contribution < 1.29 is 0 Å². The zero-order chi connectivity index (χ0) is 13.9. The van der Waals surface area contributed by atoms with Crippen molar-refractivity contribution in [2.24, 2.45) is 5.73 Å². The van der Waals surface area contributed by atoms with E-state index in [1.165, 1.54) is 37.9 Å². The average molecular weight is 294 g/mol. The number of benzene rings is 1. The highest BCUT2D eigenvalue weighted by molar-refractivity contribution is 6.30. The number of fused-ring (bicyclic) bond motifs is 1. The summed E-state index contributed by atoms with van der Waals surface area (Å²) in [5.74, 6) is 0. The Morgan fingerprint density at radius 1 is 1.15 bits per heavy atom. The van der Waals surface area contributed by atoms with Gasteiger partial charge < -0.3 is 5.73 Å². The van der Waals surface area contributed by atoms with Gasteiger partial charge in [-0.15, -0.1) is 0 Å². The van der Waals surface area contributed by atoms with E-state index in [0.29, 0.717) is 12.6 Å². The molecular formula is C16H24ClN3. The van der Waals surface area contributed by atoms with E-state index in [0.717, 1.165) is 24.2 Å². The van der Waals surface area contributed by atoms with Gasteiger partial charge in [-0.3, -0.25) is 9.80 Å². The van der Waals surface area contributed by atoms with Crippen molar-refractivity contribution in [3.63, 3.8) is 0 Å². The lowest BCUT2D eigenvalue weighted by Crippen LogP contribution is -2.40. The number of nitrogens with zero attached hydrogens (tertiary/aromatic N) is 2. The molecule has 0 bridgehead atoms. The van der Waals surface area contributed by atoms with Crippen LogP contribution in [0, 0.1) is 0 Å². The molecule has 0 spiro atoms. The van der Waals surface area contributed by atoms with Crippen LogP contribution in [-0.4, -0.2) is 48.6 Å². The Bertz CT molecular complexity index is 434. The fourth-order valence-electron chi connectivity index (χ4n) is 3.70. The van der Waals surface area contributed by atoms with E-state index >= 15 is 0 Å². The lowest BCUT2D eigenvalue weighted by Gasteiger charge is -2.32. The molecule has 3 nitrogen and oxygen atoms in total. The lowest BCUT2D eigenvalue weighted by atomic mass is 10.0. The zero-order valence-corrected chi connectivity index (χ0v) is 12.7. The van der Waals surface area contributed by atoms with Crippen LogP contribution in [-0.2, 0) is 0 Å². The Morgan fingerprint density at radius 2 is 1.90 bits per heavy atom. The van der Waals surface area contributed by atoms with E-state index < -0.39 is 0 Å². The molecule has 0 radical (unpaired) electrons. The second-order valence-corrected chi connectivity index (χ2v) is 6.42. The maximum atomic E-state index is 6.07. The summed E-state index contributed by atoms with van der Waals surface area (Å²) in [6.45, 7) is 5.52. The van der Waals surface area contributed by atoms with Crippen molar-refractivity contribution in [3.05, 3.63) is 34.9 Å². The molecule has 2 aliphatic rings. The quantitative estimate of drug-likeness (QED) is 0.929. The second-order valence-electron chi connectivity index (χ2n) is 5.98. The predicted octanol–water partition coefficient (Wildman–Crippen LogP) is 2.51. The molecular weight excluding hydrogens is 270 g/mol. The number of hydrogen-bond donors (Lipinski definition) is 1. The highest BCUT2D eigenvalue weighted by Crippen LogP contribution is 2.27. The Hall–Kier alpha value is -0.610. The Balaban J connectivity index is 1.76. The van der Waals surface area contributed by atoms with Gasteiger partial charge in [0, 0.05) is 36.7 Å². The van der Waals surface area contributed by atoms with Gasteiger partial charge in [0.2, 0.25) is 0 Å². The standard InChI is InChI=1S/C16H24ClN3/c17-14-6-4-13(5-7-14)16(11-18)20-10-2-9-19-8-1-3-15(19)12-20/h4-7,15-16H,1-3,8-12,18H2. The number of hydrogen-bond acceptors (Lipinski definition) is 3. The van der Waals surface area contributed by atoms with E-state index in [1.807, 2.05) is 12.1 Å². The Kier molecular flexibility index (Phi) is 4.61. The molecule has 2 N–H and O–H groups in total. The first-order valence-corrected chi connectivity index (χ1v) is 8.09. The van der Waals surface area contributed by atoms with Crippen molar-refractivity contribution in [1.82, 2.24) is 9.80 Å². The minimum Gasteiger partial charge on any atom is -0.329 e. The predicted molar refractivity (Wildman–Crippen MR) is 84.0 cm³/mol. The number of halogens is 1. The molecule has 2 atom stereocenters. The summed E-state index contributed by atoms with van der Waals surface area (Å²) in [6.07, 6.45) is 3.95. The van der Waals surface area contributed by atoms with Gasteiger partial charge >= 0.3 is 0 Å². The first kappa shape index (κ1) is 14.3. The highest BCUT2D eigenvalue weighted by atomic mass is 35.5. The fourth-order valence-corrected chi connectivity index (χ4v) is 3.83. The van der Waals surface area contributed by atoms with Crippen LogP contribution in [0.25, 0.3) is 0 Å². The summed E-state index contributed by atoms with van der Waals surface area (Å²) >= 11 is 5.99. The summed E-state index contributed by atoms with van der Waals surface area (Å²) in [6, 6.07) is 9.25. The van der Waals surface area contributed by atoms with Gasteiger partial charge in [0.25, 0.3) is 0 Å². The van der Waals surface area contributed by atoms with E-state index in [1.54, 1.807) is 0 Å². The zero-order valence-electron chi connectivity index (χ0n) is 12.0. The maximum absolute atomic E-state index is 6.07. The summed E-state index contributed by atoms with van der Waals surface area (Å²) in [5, 5.41) is 0.794. The van der Waals surface area contributed by atoms with Crippen LogP contribution in [0.15, 0.2) is 24.3 Å². The SMILES string of the molecule is NCC(c1ccc(Cl)cc1)N1CCCN2CCCC2C1. The van der Waals surface area contributed by atoms with E-state index in [2.05, 4.69) is 21.9 Å². The Morgan fingerprint density at radius 3 is 2.65 bits per heavy atom.